The normalized spacial score (nSPS) is 32.3. The van der Waals surface area contributed by atoms with Crippen molar-refractivity contribution in [1.82, 2.24) is 0 Å². The van der Waals surface area contributed by atoms with Crippen molar-refractivity contribution >= 4 is 0 Å². The standard InChI is InChI=1S/C22H38/c1-3-5-6-8-20-11-15-22(16-12-20)18-17-21-13-9-19(7-4-2)10-14-21/h19-22H,3-16H2,1-2H3. The van der Waals surface area contributed by atoms with Gasteiger partial charge in [-0.25, -0.2) is 0 Å². The molecular formula is C22H38. The van der Waals surface area contributed by atoms with E-state index in [1.165, 1.54) is 89.9 Å². The lowest BCUT2D eigenvalue weighted by atomic mass is 9.78. The van der Waals surface area contributed by atoms with Crippen LogP contribution in [0.1, 0.15) is 104 Å². The molecule has 0 aromatic heterocycles. The maximum absolute atomic E-state index is 3.68. The van der Waals surface area contributed by atoms with Gasteiger partial charge in [-0.2, -0.15) is 0 Å². The van der Waals surface area contributed by atoms with Crippen molar-refractivity contribution in [3.05, 3.63) is 0 Å². The molecule has 2 aliphatic rings. The van der Waals surface area contributed by atoms with Gasteiger partial charge in [0.25, 0.3) is 0 Å². The minimum atomic E-state index is 0.732. The molecule has 126 valence electrons. The second-order valence-electron chi connectivity index (χ2n) is 8.01. The first-order valence-corrected chi connectivity index (χ1v) is 10.3. The zero-order valence-corrected chi connectivity index (χ0v) is 15.2. The largest absolute Gasteiger partial charge is 0.0996 e. The Labute approximate surface area is 139 Å². The number of hydrogen-bond acceptors (Lipinski definition) is 0. The van der Waals surface area contributed by atoms with Crippen molar-refractivity contribution in [2.75, 3.05) is 0 Å². The van der Waals surface area contributed by atoms with Gasteiger partial charge in [0.05, 0.1) is 0 Å². The highest BCUT2D eigenvalue weighted by Gasteiger charge is 2.21. The van der Waals surface area contributed by atoms with Crippen molar-refractivity contribution in [3.63, 3.8) is 0 Å². The monoisotopic (exact) mass is 302 g/mol. The molecule has 0 aromatic rings. The van der Waals surface area contributed by atoms with Crippen LogP contribution < -0.4 is 0 Å². The smallest absolute Gasteiger partial charge is 0.0203 e. The first kappa shape index (κ1) is 17.9. The van der Waals surface area contributed by atoms with E-state index in [9.17, 15) is 0 Å². The summed E-state index contributed by atoms with van der Waals surface area (Å²) in [6.45, 7) is 4.63. The Morgan fingerprint density at radius 3 is 1.55 bits per heavy atom. The van der Waals surface area contributed by atoms with Crippen LogP contribution in [0.15, 0.2) is 0 Å². The van der Waals surface area contributed by atoms with Crippen LogP contribution in [0.5, 0.6) is 0 Å². The summed E-state index contributed by atoms with van der Waals surface area (Å²) in [6, 6.07) is 0. The van der Waals surface area contributed by atoms with Gasteiger partial charge >= 0.3 is 0 Å². The molecule has 0 spiro atoms. The van der Waals surface area contributed by atoms with Crippen LogP contribution >= 0.6 is 0 Å². The van der Waals surface area contributed by atoms with E-state index in [4.69, 9.17) is 0 Å². The lowest BCUT2D eigenvalue weighted by molar-refractivity contribution is 0.291. The minimum absolute atomic E-state index is 0.732. The SMILES string of the molecule is CCCCCC1CCC(C#CC2CCC(CCC)CC2)CC1. The molecule has 0 unspecified atom stereocenters. The molecule has 0 bridgehead atoms. The number of unbranched alkanes of at least 4 members (excludes halogenated alkanes) is 2. The first-order chi connectivity index (χ1) is 10.8. The summed E-state index contributed by atoms with van der Waals surface area (Å²) in [5.74, 6) is 10.8. The van der Waals surface area contributed by atoms with E-state index in [0.717, 1.165) is 23.7 Å². The fourth-order valence-electron chi connectivity index (χ4n) is 4.52. The highest BCUT2D eigenvalue weighted by Crippen LogP contribution is 2.33. The van der Waals surface area contributed by atoms with Gasteiger partial charge in [0.15, 0.2) is 0 Å². The molecule has 2 saturated carbocycles. The molecule has 2 aliphatic carbocycles. The molecule has 2 rings (SSSR count). The van der Waals surface area contributed by atoms with Crippen LogP contribution in [-0.2, 0) is 0 Å². The summed E-state index contributed by atoms with van der Waals surface area (Å²) in [7, 11) is 0. The summed E-state index contributed by atoms with van der Waals surface area (Å²) in [4.78, 5) is 0. The molecule has 0 aliphatic heterocycles. The predicted molar refractivity (Wildman–Crippen MR) is 97.7 cm³/mol. The molecule has 0 nitrogen and oxygen atoms in total. The lowest BCUT2D eigenvalue weighted by Crippen LogP contribution is -2.15. The van der Waals surface area contributed by atoms with Crippen molar-refractivity contribution in [1.29, 1.82) is 0 Å². The highest BCUT2D eigenvalue weighted by molar-refractivity contribution is 5.09. The molecule has 2 fully saturated rings. The molecule has 0 amide bonds. The second-order valence-corrected chi connectivity index (χ2v) is 8.01. The average Bonchev–Trinajstić information content (AvgIpc) is 2.56. The molecule has 0 heteroatoms. The Balaban J connectivity index is 1.62. The summed E-state index contributed by atoms with van der Waals surface area (Å²) < 4.78 is 0. The molecule has 0 heterocycles. The Morgan fingerprint density at radius 2 is 1.09 bits per heavy atom. The van der Waals surface area contributed by atoms with Gasteiger partial charge in [-0.3, -0.25) is 0 Å². The van der Waals surface area contributed by atoms with Crippen molar-refractivity contribution in [2.45, 2.75) is 104 Å². The second kappa shape index (κ2) is 10.4. The van der Waals surface area contributed by atoms with Crippen LogP contribution in [-0.4, -0.2) is 0 Å². The van der Waals surface area contributed by atoms with Gasteiger partial charge in [0, 0.05) is 11.8 Å². The number of hydrogen-bond donors (Lipinski definition) is 0. The zero-order valence-electron chi connectivity index (χ0n) is 15.2. The summed E-state index contributed by atoms with van der Waals surface area (Å²) in [6.07, 6.45) is 19.9. The third-order valence-electron chi connectivity index (χ3n) is 6.10. The van der Waals surface area contributed by atoms with Gasteiger partial charge in [-0.05, 0) is 63.2 Å². The summed E-state index contributed by atoms with van der Waals surface area (Å²) >= 11 is 0. The van der Waals surface area contributed by atoms with Gasteiger partial charge in [0.2, 0.25) is 0 Å². The van der Waals surface area contributed by atoms with E-state index in [2.05, 4.69) is 25.7 Å². The maximum atomic E-state index is 3.68. The van der Waals surface area contributed by atoms with Gasteiger partial charge in [0.1, 0.15) is 0 Å². The Bertz CT molecular complexity index is 329. The summed E-state index contributed by atoms with van der Waals surface area (Å²) in [5.41, 5.74) is 0. The first-order valence-electron chi connectivity index (χ1n) is 10.3. The van der Waals surface area contributed by atoms with Crippen molar-refractivity contribution < 1.29 is 0 Å². The van der Waals surface area contributed by atoms with Gasteiger partial charge in [-0.1, -0.05) is 64.2 Å². The maximum Gasteiger partial charge on any atom is 0.0203 e. The fourth-order valence-corrected chi connectivity index (χ4v) is 4.52. The third kappa shape index (κ3) is 6.36. The van der Waals surface area contributed by atoms with E-state index in [-0.39, 0.29) is 0 Å². The van der Waals surface area contributed by atoms with E-state index in [1.54, 1.807) is 0 Å². The van der Waals surface area contributed by atoms with E-state index < -0.39 is 0 Å². The molecule has 0 radical (unpaired) electrons. The van der Waals surface area contributed by atoms with E-state index in [1.807, 2.05) is 0 Å². The Kier molecular flexibility index (Phi) is 8.43. The number of rotatable bonds is 6. The minimum Gasteiger partial charge on any atom is -0.0996 e. The molecule has 0 aromatic carbocycles. The van der Waals surface area contributed by atoms with Crippen LogP contribution in [0.25, 0.3) is 0 Å². The molecule has 0 atom stereocenters. The molecule has 0 saturated heterocycles. The van der Waals surface area contributed by atoms with Crippen LogP contribution in [0.3, 0.4) is 0 Å². The fraction of sp³-hybridized carbons (Fsp3) is 0.909. The molecule has 0 N–H and O–H groups in total. The quantitative estimate of drug-likeness (QED) is 0.366. The van der Waals surface area contributed by atoms with Crippen LogP contribution in [0.4, 0.5) is 0 Å². The van der Waals surface area contributed by atoms with Crippen LogP contribution in [0, 0.1) is 35.5 Å². The van der Waals surface area contributed by atoms with Crippen molar-refractivity contribution in [2.24, 2.45) is 23.7 Å². The lowest BCUT2D eigenvalue weighted by Gasteiger charge is -2.27. The van der Waals surface area contributed by atoms with Gasteiger partial charge < -0.3 is 0 Å². The summed E-state index contributed by atoms with van der Waals surface area (Å²) in [5, 5.41) is 0. The highest BCUT2D eigenvalue weighted by atomic mass is 14.3. The Hall–Kier alpha value is -0.440. The molecule has 22 heavy (non-hydrogen) atoms. The average molecular weight is 303 g/mol. The zero-order chi connectivity index (χ0) is 15.6. The molecular weight excluding hydrogens is 264 g/mol. The van der Waals surface area contributed by atoms with Gasteiger partial charge in [-0.15, -0.1) is 0 Å². The topological polar surface area (TPSA) is 0 Å². The van der Waals surface area contributed by atoms with Crippen LogP contribution in [0.2, 0.25) is 0 Å². The predicted octanol–water partition coefficient (Wildman–Crippen LogP) is 6.98. The third-order valence-corrected chi connectivity index (χ3v) is 6.10. The Morgan fingerprint density at radius 1 is 0.591 bits per heavy atom. The van der Waals surface area contributed by atoms with E-state index >= 15 is 0 Å². The van der Waals surface area contributed by atoms with Crippen molar-refractivity contribution in [3.8, 4) is 11.8 Å². The van der Waals surface area contributed by atoms with E-state index in [0.29, 0.717) is 0 Å².